The lowest BCUT2D eigenvalue weighted by Crippen LogP contribution is -2.31. The Bertz CT molecular complexity index is 1070. The molecule has 4 nitrogen and oxygen atoms in total. The third kappa shape index (κ3) is 4.46. The molecular formula is C26H31N3OS. The summed E-state index contributed by atoms with van der Waals surface area (Å²) in [4.78, 5) is 16.9. The summed E-state index contributed by atoms with van der Waals surface area (Å²) in [5.74, 6) is 1.56. The molecule has 1 fully saturated rings. The number of nitriles is 1. The van der Waals surface area contributed by atoms with Crippen molar-refractivity contribution in [1.29, 1.82) is 5.26 Å². The first-order chi connectivity index (χ1) is 14.9. The highest BCUT2D eigenvalue weighted by Gasteiger charge is 2.29. The molecule has 1 aliphatic carbocycles. The van der Waals surface area contributed by atoms with Gasteiger partial charge in [-0.15, -0.1) is 11.3 Å². The molecule has 2 heterocycles. The largest absolute Gasteiger partial charge is 0.398 e. The number of hydrogen-bond donors (Lipinski definition) is 1. The molecule has 5 heteroatoms. The predicted octanol–water partition coefficient (Wildman–Crippen LogP) is 5.99. The van der Waals surface area contributed by atoms with E-state index in [2.05, 4.69) is 31.0 Å². The van der Waals surface area contributed by atoms with E-state index >= 15 is 0 Å². The molecule has 1 aliphatic heterocycles. The summed E-state index contributed by atoms with van der Waals surface area (Å²) >= 11 is 1.54. The molecule has 0 radical (unpaired) electrons. The van der Waals surface area contributed by atoms with Crippen LogP contribution >= 0.6 is 11.3 Å². The van der Waals surface area contributed by atoms with Gasteiger partial charge >= 0.3 is 0 Å². The molecule has 1 aromatic carbocycles. The van der Waals surface area contributed by atoms with E-state index in [1.54, 1.807) is 29.9 Å². The molecule has 0 atom stereocenters. The highest BCUT2D eigenvalue weighted by atomic mass is 32.1. The number of carbonyl (C=O) groups excluding carboxylic acids is 1. The van der Waals surface area contributed by atoms with Crippen LogP contribution in [0.4, 0.5) is 5.69 Å². The lowest BCUT2D eigenvalue weighted by atomic mass is 9.75. The maximum atomic E-state index is 12.6. The first kappa shape index (κ1) is 21.8. The zero-order chi connectivity index (χ0) is 22.1. The number of benzene rings is 1. The first-order valence-corrected chi connectivity index (χ1v) is 12.0. The van der Waals surface area contributed by atoms with Crippen LogP contribution in [0.3, 0.4) is 0 Å². The summed E-state index contributed by atoms with van der Waals surface area (Å²) < 4.78 is 0. The second kappa shape index (κ2) is 8.98. The first-order valence-electron chi connectivity index (χ1n) is 11.2. The molecule has 1 aromatic heterocycles. The van der Waals surface area contributed by atoms with Crippen molar-refractivity contribution in [3.05, 3.63) is 45.8 Å². The number of nitrogens with zero attached hydrogens (tertiary/aromatic N) is 2. The zero-order valence-electron chi connectivity index (χ0n) is 18.7. The number of thiophene rings is 1. The topological polar surface area (TPSA) is 70.1 Å². The van der Waals surface area contributed by atoms with Gasteiger partial charge in [0.15, 0.2) is 5.78 Å². The van der Waals surface area contributed by atoms with Gasteiger partial charge in [0.25, 0.3) is 0 Å². The number of likely N-dealkylation sites (N-methyl/N-ethyl adjacent to an activating group) is 1. The quantitative estimate of drug-likeness (QED) is 0.475. The molecule has 162 valence electrons. The normalized spacial score (nSPS) is 22.4. The Morgan fingerprint density at radius 2 is 1.97 bits per heavy atom. The van der Waals surface area contributed by atoms with Crippen LogP contribution < -0.4 is 5.73 Å². The maximum absolute atomic E-state index is 12.6. The van der Waals surface area contributed by atoms with Gasteiger partial charge in [0, 0.05) is 23.7 Å². The number of rotatable bonds is 4. The van der Waals surface area contributed by atoms with Crippen LogP contribution in [0.5, 0.6) is 0 Å². The van der Waals surface area contributed by atoms with E-state index in [0.29, 0.717) is 17.2 Å². The predicted molar refractivity (Wildman–Crippen MR) is 129 cm³/mol. The Balaban J connectivity index is 1.81. The third-order valence-electron chi connectivity index (χ3n) is 6.92. The van der Waals surface area contributed by atoms with Gasteiger partial charge in [-0.2, -0.15) is 5.26 Å². The van der Waals surface area contributed by atoms with Gasteiger partial charge < -0.3 is 10.6 Å². The Labute approximate surface area is 189 Å². The molecule has 0 spiro atoms. The summed E-state index contributed by atoms with van der Waals surface area (Å²) in [6, 6.07) is 9.91. The van der Waals surface area contributed by atoms with Gasteiger partial charge in [0.05, 0.1) is 10.4 Å². The second-order valence-corrected chi connectivity index (χ2v) is 10.3. The fourth-order valence-corrected chi connectivity index (χ4v) is 6.12. The summed E-state index contributed by atoms with van der Waals surface area (Å²) in [6.45, 7) is 6.04. The van der Waals surface area contributed by atoms with E-state index in [4.69, 9.17) is 5.73 Å². The lowest BCUT2D eigenvalue weighted by Gasteiger charge is -2.35. The average Bonchev–Trinajstić information content (AvgIpc) is 3.20. The molecule has 31 heavy (non-hydrogen) atoms. The van der Waals surface area contributed by atoms with Crippen molar-refractivity contribution in [1.82, 2.24) is 4.90 Å². The molecule has 2 N–H and O–H groups in total. The van der Waals surface area contributed by atoms with Crippen molar-refractivity contribution in [3.8, 4) is 16.5 Å². The molecule has 0 saturated heterocycles. The van der Waals surface area contributed by atoms with Crippen LogP contribution in [0.15, 0.2) is 29.8 Å². The van der Waals surface area contributed by atoms with Crippen molar-refractivity contribution in [2.45, 2.75) is 46.0 Å². The summed E-state index contributed by atoms with van der Waals surface area (Å²) in [5, 5.41) is 9.37. The van der Waals surface area contributed by atoms with E-state index in [1.807, 2.05) is 12.1 Å². The van der Waals surface area contributed by atoms with E-state index < -0.39 is 0 Å². The molecule has 2 aliphatic rings. The highest BCUT2D eigenvalue weighted by molar-refractivity contribution is 7.17. The number of Topliss-reactive ketones (excluding diaryl/α,β-unsaturated/α-hetero) is 1. The minimum absolute atomic E-state index is 0.116. The van der Waals surface area contributed by atoms with E-state index in [0.717, 1.165) is 46.3 Å². The van der Waals surface area contributed by atoms with Crippen LogP contribution in [-0.4, -0.2) is 30.8 Å². The summed E-state index contributed by atoms with van der Waals surface area (Å²) in [7, 11) is 2.20. The Morgan fingerprint density at radius 1 is 1.23 bits per heavy atom. The molecule has 0 bridgehead atoms. The minimum Gasteiger partial charge on any atom is -0.398 e. The Kier molecular flexibility index (Phi) is 6.31. The number of hydrogen-bond acceptors (Lipinski definition) is 5. The SMILES string of the molecule is CC(=O)c1sc(-c2ccc(N)c(C#N)c2)cc1C1=C(C2CCC(C)CC2)CN(C)CC1. The molecule has 0 amide bonds. The van der Waals surface area contributed by atoms with Gasteiger partial charge in [-0.05, 0) is 85.5 Å². The van der Waals surface area contributed by atoms with Gasteiger partial charge in [-0.3, -0.25) is 4.79 Å². The van der Waals surface area contributed by atoms with Crippen molar-refractivity contribution < 1.29 is 4.79 Å². The second-order valence-electron chi connectivity index (χ2n) is 9.27. The van der Waals surface area contributed by atoms with Crippen molar-refractivity contribution in [3.63, 3.8) is 0 Å². The van der Waals surface area contributed by atoms with Crippen molar-refractivity contribution in [2.24, 2.45) is 11.8 Å². The van der Waals surface area contributed by atoms with Gasteiger partial charge in [-0.25, -0.2) is 0 Å². The van der Waals surface area contributed by atoms with Crippen LogP contribution in [-0.2, 0) is 0 Å². The summed E-state index contributed by atoms with van der Waals surface area (Å²) in [5.41, 5.74) is 11.9. The minimum atomic E-state index is 0.116. The molecule has 4 rings (SSSR count). The number of nitrogens with two attached hydrogens (primary N) is 1. The Hall–Kier alpha value is -2.42. The smallest absolute Gasteiger partial charge is 0.170 e. The van der Waals surface area contributed by atoms with E-state index in [9.17, 15) is 10.1 Å². The highest BCUT2D eigenvalue weighted by Crippen LogP contribution is 2.43. The number of ketones is 1. The van der Waals surface area contributed by atoms with E-state index in [-0.39, 0.29) is 5.78 Å². The monoisotopic (exact) mass is 433 g/mol. The van der Waals surface area contributed by atoms with Crippen LogP contribution in [0.1, 0.15) is 66.8 Å². The fourth-order valence-electron chi connectivity index (χ4n) is 5.05. The van der Waals surface area contributed by atoms with Crippen molar-refractivity contribution >= 4 is 28.4 Å². The third-order valence-corrected chi connectivity index (χ3v) is 8.20. The average molecular weight is 434 g/mol. The van der Waals surface area contributed by atoms with E-state index in [1.165, 1.54) is 31.3 Å². The van der Waals surface area contributed by atoms with Gasteiger partial charge in [0.1, 0.15) is 6.07 Å². The molecule has 0 unspecified atom stereocenters. The number of nitrogen functional groups attached to an aromatic ring is 1. The van der Waals surface area contributed by atoms with Crippen LogP contribution in [0, 0.1) is 23.2 Å². The Morgan fingerprint density at radius 3 is 2.65 bits per heavy atom. The van der Waals surface area contributed by atoms with Gasteiger partial charge in [-0.1, -0.05) is 25.8 Å². The van der Waals surface area contributed by atoms with Gasteiger partial charge in [0.2, 0.25) is 0 Å². The summed E-state index contributed by atoms with van der Waals surface area (Å²) in [6.07, 6.45) is 6.08. The molecular weight excluding hydrogens is 402 g/mol. The number of carbonyl (C=O) groups is 1. The molecule has 2 aromatic rings. The van der Waals surface area contributed by atoms with Crippen LogP contribution in [0.2, 0.25) is 0 Å². The fraction of sp³-hybridized carbons (Fsp3) is 0.462. The van der Waals surface area contributed by atoms with Crippen LogP contribution in [0.25, 0.3) is 16.0 Å². The zero-order valence-corrected chi connectivity index (χ0v) is 19.5. The van der Waals surface area contributed by atoms with Crippen molar-refractivity contribution in [2.75, 3.05) is 25.9 Å². The lowest BCUT2D eigenvalue weighted by molar-refractivity contribution is 0.102. The maximum Gasteiger partial charge on any atom is 0.170 e. The molecule has 1 saturated carbocycles. The number of anilines is 1. The standard InChI is InChI=1S/C26H31N3OS/c1-16-4-6-18(7-5-16)23-15-29(3)11-10-21(23)22-13-25(31-26(22)17(2)30)19-8-9-24(28)20(12-19)14-27/h8-9,12-13,16,18H,4-7,10-11,15,28H2,1-3H3.